The van der Waals surface area contributed by atoms with E-state index in [0.717, 1.165) is 5.69 Å². The minimum absolute atomic E-state index is 0.161. The summed E-state index contributed by atoms with van der Waals surface area (Å²) in [6.07, 6.45) is 2.16. The second-order valence-electron chi connectivity index (χ2n) is 8.36. The van der Waals surface area contributed by atoms with E-state index in [9.17, 15) is 14.7 Å². The molecule has 0 spiro atoms. The predicted molar refractivity (Wildman–Crippen MR) is 119 cm³/mol. The Morgan fingerprint density at radius 3 is 2.55 bits per heavy atom. The van der Waals surface area contributed by atoms with Crippen LogP contribution in [0.15, 0.2) is 24.3 Å². The van der Waals surface area contributed by atoms with Crippen molar-refractivity contribution in [3.63, 3.8) is 0 Å². The van der Waals surface area contributed by atoms with Crippen molar-refractivity contribution < 1.29 is 19.4 Å². The van der Waals surface area contributed by atoms with Crippen molar-refractivity contribution in [1.82, 2.24) is 15.0 Å². The third-order valence-corrected chi connectivity index (χ3v) is 7.82. The summed E-state index contributed by atoms with van der Waals surface area (Å²) in [6, 6.07) is 6.55. The second-order valence-corrected chi connectivity index (χ2v) is 9.98. The Labute approximate surface area is 194 Å². The van der Waals surface area contributed by atoms with Crippen LogP contribution in [0.3, 0.4) is 0 Å². The molecule has 3 fully saturated rings. The molecular weight excluding hydrogens is 461 g/mol. The summed E-state index contributed by atoms with van der Waals surface area (Å²) >= 11 is 13.0. The fourth-order valence-electron chi connectivity index (χ4n) is 4.46. The maximum Gasteiger partial charge on any atom is 0.263 e. The third-order valence-electron chi connectivity index (χ3n) is 6.20. The van der Waals surface area contributed by atoms with E-state index in [-0.39, 0.29) is 18.4 Å². The number of carbonyl (C=O) groups excluding carboxylic acids is 2. The van der Waals surface area contributed by atoms with E-state index in [4.69, 9.17) is 27.9 Å². The highest BCUT2D eigenvalue weighted by Gasteiger charge is 2.55. The molecule has 3 saturated carbocycles. The number of hydrogen-bond donors (Lipinski definition) is 3. The van der Waals surface area contributed by atoms with Gasteiger partial charge in [-0.15, -0.1) is 0 Å². The number of aryl methyl sites for hydroxylation is 1. The minimum Gasteiger partial charge on any atom is -0.484 e. The fraction of sp³-hybridized carbons (Fsp3) is 0.476. The van der Waals surface area contributed by atoms with Crippen LogP contribution in [-0.2, 0) is 4.79 Å². The van der Waals surface area contributed by atoms with Gasteiger partial charge in [0.25, 0.3) is 11.8 Å². The van der Waals surface area contributed by atoms with Crippen molar-refractivity contribution >= 4 is 46.5 Å². The SMILES string of the molecule is Cc1cc(C(=O)NC23CCC(NC(=O)COc4ccc(Cl)c(Cl)c4)(CC2)[C@@H](O)C3)sn1. The lowest BCUT2D eigenvalue weighted by Gasteiger charge is -2.56. The topological polar surface area (TPSA) is 101 Å². The second kappa shape index (κ2) is 8.58. The number of aromatic nitrogens is 1. The van der Waals surface area contributed by atoms with Crippen LogP contribution in [0.25, 0.3) is 0 Å². The highest BCUT2D eigenvalue weighted by Crippen LogP contribution is 2.47. The zero-order valence-electron chi connectivity index (χ0n) is 16.9. The largest absolute Gasteiger partial charge is 0.484 e. The maximum absolute atomic E-state index is 12.6. The van der Waals surface area contributed by atoms with Crippen molar-refractivity contribution in [2.75, 3.05) is 6.61 Å². The molecule has 0 unspecified atom stereocenters. The minimum atomic E-state index is -0.757. The van der Waals surface area contributed by atoms with Crippen LogP contribution < -0.4 is 15.4 Å². The average Bonchev–Trinajstić information content (AvgIpc) is 3.17. The Morgan fingerprint density at radius 2 is 1.94 bits per heavy atom. The van der Waals surface area contributed by atoms with E-state index in [2.05, 4.69) is 15.0 Å². The summed E-state index contributed by atoms with van der Waals surface area (Å²) in [5, 5.41) is 17.7. The monoisotopic (exact) mass is 483 g/mol. The van der Waals surface area contributed by atoms with Gasteiger partial charge in [0, 0.05) is 11.6 Å². The number of amides is 2. The molecule has 10 heteroatoms. The number of halogens is 2. The average molecular weight is 484 g/mol. The van der Waals surface area contributed by atoms with Crippen LogP contribution in [0.2, 0.25) is 10.0 Å². The Kier molecular flexibility index (Phi) is 6.18. The van der Waals surface area contributed by atoms with Gasteiger partial charge in [-0.2, -0.15) is 4.37 Å². The molecule has 166 valence electrons. The number of carbonyl (C=O) groups is 2. The normalized spacial score (nSPS) is 27.0. The molecule has 1 heterocycles. The van der Waals surface area contributed by atoms with Crippen LogP contribution in [0, 0.1) is 6.92 Å². The smallest absolute Gasteiger partial charge is 0.263 e. The zero-order valence-corrected chi connectivity index (χ0v) is 19.2. The molecule has 5 rings (SSSR count). The molecule has 7 nitrogen and oxygen atoms in total. The fourth-order valence-corrected chi connectivity index (χ4v) is 5.40. The number of benzene rings is 1. The molecule has 2 aromatic rings. The summed E-state index contributed by atoms with van der Waals surface area (Å²) in [7, 11) is 0. The summed E-state index contributed by atoms with van der Waals surface area (Å²) in [5.41, 5.74) is -0.354. The van der Waals surface area contributed by atoms with Crippen molar-refractivity contribution in [2.45, 2.75) is 56.2 Å². The zero-order chi connectivity index (χ0) is 22.2. The van der Waals surface area contributed by atoms with E-state index in [0.29, 0.717) is 52.8 Å². The summed E-state index contributed by atoms with van der Waals surface area (Å²) in [4.78, 5) is 25.7. The quantitative estimate of drug-likeness (QED) is 0.583. The number of ether oxygens (including phenoxy) is 1. The molecule has 31 heavy (non-hydrogen) atoms. The van der Waals surface area contributed by atoms with Crippen molar-refractivity contribution in [1.29, 1.82) is 0 Å². The number of nitrogens with one attached hydrogen (secondary N) is 2. The molecule has 3 aliphatic carbocycles. The van der Waals surface area contributed by atoms with Crippen LogP contribution in [-0.4, -0.2) is 45.1 Å². The molecule has 1 aromatic heterocycles. The number of fused-ring (bicyclic) bond motifs is 3. The van der Waals surface area contributed by atoms with Gasteiger partial charge in [-0.05, 0) is 68.8 Å². The lowest BCUT2D eigenvalue weighted by molar-refractivity contribution is -0.132. The van der Waals surface area contributed by atoms with Gasteiger partial charge in [-0.3, -0.25) is 9.59 Å². The first kappa shape index (κ1) is 22.3. The summed E-state index contributed by atoms with van der Waals surface area (Å²) < 4.78 is 9.66. The van der Waals surface area contributed by atoms with Crippen molar-refractivity contribution in [2.24, 2.45) is 0 Å². The summed E-state index contributed by atoms with van der Waals surface area (Å²) in [5.74, 6) is -0.0372. The standard InChI is InChI=1S/C21H23Cl2N3O4S/c1-12-8-16(31-26-12)19(29)25-20-4-6-21(7-5-20,17(27)10-20)24-18(28)11-30-13-2-3-14(22)15(23)9-13/h2-3,8-9,17,27H,4-7,10-11H2,1H3,(H,24,28)(H,25,29)/t17-,20?,21?/m0/s1. The first-order chi connectivity index (χ1) is 14.7. The van der Waals surface area contributed by atoms with E-state index in [1.54, 1.807) is 24.3 Å². The highest BCUT2D eigenvalue weighted by atomic mass is 35.5. The van der Waals surface area contributed by atoms with E-state index in [1.165, 1.54) is 11.5 Å². The number of hydrogen-bond acceptors (Lipinski definition) is 6. The van der Waals surface area contributed by atoms with Crippen LogP contribution >= 0.6 is 34.7 Å². The molecule has 3 N–H and O–H groups in total. The number of nitrogens with zero attached hydrogens (tertiary/aromatic N) is 1. The molecule has 2 bridgehead atoms. The van der Waals surface area contributed by atoms with Crippen LogP contribution in [0.5, 0.6) is 5.75 Å². The number of aliphatic hydroxyl groups excluding tert-OH is 1. The molecule has 0 aliphatic heterocycles. The van der Waals surface area contributed by atoms with Gasteiger partial charge in [-0.25, -0.2) is 0 Å². The van der Waals surface area contributed by atoms with E-state index < -0.39 is 17.2 Å². The van der Waals surface area contributed by atoms with Crippen LogP contribution in [0.1, 0.15) is 47.5 Å². The third kappa shape index (κ3) is 4.67. The lowest BCUT2D eigenvalue weighted by Crippen LogP contribution is -2.70. The lowest BCUT2D eigenvalue weighted by atomic mass is 9.60. The van der Waals surface area contributed by atoms with Gasteiger partial charge in [0.05, 0.1) is 27.4 Å². The van der Waals surface area contributed by atoms with E-state index in [1.807, 2.05) is 6.92 Å². The molecule has 0 saturated heterocycles. The Morgan fingerprint density at radius 1 is 1.19 bits per heavy atom. The van der Waals surface area contributed by atoms with Gasteiger partial charge in [0.1, 0.15) is 10.6 Å². The highest BCUT2D eigenvalue weighted by molar-refractivity contribution is 7.08. The number of aliphatic hydroxyl groups is 1. The van der Waals surface area contributed by atoms with Gasteiger partial charge in [-0.1, -0.05) is 23.2 Å². The first-order valence-electron chi connectivity index (χ1n) is 10.0. The molecule has 2 amide bonds. The van der Waals surface area contributed by atoms with Crippen LogP contribution in [0.4, 0.5) is 0 Å². The predicted octanol–water partition coefficient (Wildman–Crippen LogP) is 3.50. The van der Waals surface area contributed by atoms with Crippen molar-refractivity contribution in [3.8, 4) is 5.75 Å². The first-order valence-corrected chi connectivity index (χ1v) is 11.6. The van der Waals surface area contributed by atoms with Gasteiger partial charge < -0.3 is 20.5 Å². The van der Waals surface area contributed by atoms with Gasteiger partial charge in [0.15, 0.2) is 6.61 Å². The number of rotatable bonds is 6. The Hall–Kier alpha value is -1.87. The molecular formula is C21H23Cl2N3O4S. The van der Waals surface area contributed by atoms with E-state index >= 15 is 0 Å². The molecule has 1 atom stereocenters. The van der Waals surface area contributed by atoms with Gasteiger partial charge in [0.2, 0.25) is 0 Å². The Balaban J connectivity index is 1.34. The van der Waals surface area contributed by atoms with Gasteiger partial charge >= 0.3 is 0 Å². The van der Waals surface area contributed by atoms with Crippen molar-refractivity contribution in [3.05, 3.63) is 44.9 Å². The Bertz CT molecular complexity index is 1000. The molecule has 1 aromatic carbocycles. The molecule has 3 aliphatic rings. The molecule has 0 radical (unpaired) electrons. The summed E-state index contributed by atoms with van der Waals surface area (Å²) in [6.45, 7) is 1.65. The maximum atomic E-state index is 12.6.